The molecule has 0 fully saturated rings. The smallest absolute Gasteiger partial charge is 0.462 e. The molecule has 0 heterocycles. The van der Waals surface area contributed by atoms with E-state index in [0.717, 1.165) is 126 Å². The first-order chi connectivity index (χ1) is 44.7. The monoisotopic (exact) mass is 1370 g/mol. The van der Waals surface area contributed by atoms with Crippen LogP contribution in [0.25, 0.3) is 0 Å². The highest BCUT2D eigenvalue weighted by atomic mass is 31.2. The molecule has 0 aliphatic heterocycles. The number of aliphatic hydroxyl groups is 1. The predicted octanol–water partition coefficient (Wildman–Crippen LogP) is 21.3. The molecule has 3 N–H and O–H groups in total. The maximum atomic E-state index is 13.1. The Bertz CT molecular complexity index is 1840. The van der Waals surface area contributed by atoms with E-state index in [1.807, 2.05) is 0 Å². The van der Waals surface area contributed by atoms with Crippen molar-refractivity contribution in [3.05, 3.63) is 0 Å². The van der Waals surface area contributed by atoms with Crippen molar-refractivity contribution < 1.29 is 80.2 Å². The van der Waals surface area contributed by atoms with Crippen LogP contribution in [-0.2, 0) is 65.4 Å². The second-order valence-corrected chi connectivity index (χ2v) is 30.8. The molecule has 0 radical (unpaired) electrons. The first-order valence-electron chi connectivity index (χ1n) is 38.3. The van der Waals surface area contributed by atoms with E-state index in [2.05, 4.69) is 55.4 Å². The molecule has 17 nitrogen and oxygen atoms in total. The fourth-order valence-corrected chi connectivity index (χ4v) is 12.7. The minimum Gasteiger partial charge on any atom is -0.462 e. The Morgan fingerprint density at radius 3 is 0.763 bits per heavy atom. The summed E-state index contributed by atoms with van der Waals surface area (Å²) in [5.74, 6) is 0.948. The summed E-state index contributed by atoms with van der Waals surface area (Å²) < 4.78 is 68.4. The van der Waals surface area contributed by atoms with Crippen molar-refractivity contribution in [3.8, 4) is 0 Å². The number of esters is 4. The van der Waals surface area contributed by atoms with Crippen molar-refractivity contribution in [1.82, 2.24) is 0 Å². The molecule has 93 heavy (non-hydrogen) atoms. The molecule has 0 aliphatic carbocycles. The van der Waals surface area contributed by atoms with Gasteiger partial charge in [-0.1, -0.05) is 319 Å². The van der Waals surface area contributed by atoms with Gasteiger partial charge in [-0.3, -0.25) is 37.3 Å². The highest BCUT2D eigenvalue weighted by molar-refractivity contribution is 7.47. The topological polar surface area (TPSA) is 237 Å². The van der Waals surface area contributed by atoms with Crippen LogP contribution in [0.5, 0.6) is 0 Å². The van der Waals surface area contributed by atoms with Crippen LogP contribution in [0.15, 0.2) is 0 Å². The van der Waals surface area contributed by atoms with Crippen LogP contribution >= 0.6 is 15.6 Å². The second-order valence-electron chi connectivity index (χ2n) is 27.9. The van der Waals surface area contributed by atoms with E-state index >= 15 is 0 Å². The summed E-state index contributed by atoms with van der Waals surface area (Å²) in [6.07, 6.45) is 47.2. The molecule has 0 rings (SSSR count). The number of aliphatic hydroxyl groups excluding tert-OH is 1. The molecule has 0 bridgehead atoms. The molecule has 0 saturated carbocycles. The summed E-state index contributed by atoms with van der Waals surface area (Å²) in [5, 5.41) is 10.6. The second kappa shape index (κ2) is 63.5. The quantitative estimate of drug-likeness (QED) is 0.0222. The number of ether oxygens (including phenoxy) is 4. The Labute approximate surface area is 568 Å². The normalized spacial score (nSPS) is 15.1. The van der Waals surface area contributed by atoms with Gasteiger partial charge in [0.2, 0.25) is 0 Å². The standard InChI is InChI=1S/C74H144O17P2/c1-9-65(6)51-43-35-27-23-20-21-25-29-41-49-57-74(79)91-70(61-85-72(77)55-47-39-33-31-37-45-53-67(8)11-3)63-89-93(82,83)87-59-68(75)58-86-92(80,81)88-62-69(60-84-71(76)54-46-38-32-30-36-44-52-66(7)10-2)90-73(78)56-48-40-28-24-19-17-15-13-12-14-16-18-22-26-34-42-50-64(4)5/h64-70,75H,9-63H2,1-8H3,(H,80,81)(H,82,83)/t65?,66?,67?,68-,69+,70+/m0/s1. The van der Waals surface area contributed by atoms with Gasteiger partial charge in [0.15, 0.2) is 12.2 Å². The lowest BCUT2D eigenvalue weighted by Crippen LogP contribution is -2.30. The molecule has 552 valence electrons. The number of unbranched alkanes of at least 4 members (excludes halogenated alkanes) is 34. The zero-order valence-electron chi connectivity index (χ0n) is 60.9. The van der Waals surface area contributed by atoms with Crippen molar-refractivity contribution in [2.75, 3.05) is 39.6 Å². The van der Waals surface area contributed by atoms with Crippen LogP contribution in [-0.4, -0.2) is 96.7 Å². The third kappa shape index (κ3) is 64.5. The summed E-state index contributed by atoms with van der Waals surface area (Å²) in [5.41, 5.74) is 0. The SMILES string of the molecule is CCC(C)CCCCCCCCCCCCC(=O)O[C@H](COC(=O)CCCCCCCCC(C)CC)COP(=O)(O)OC[C@@H](O)COP(=O)(O)OC[C@@H](COC(=O)CCCCCCCCC(C)CC)OC(=O)CCCCCCCCCCCCCCCCCCC(C)C. The molecule has 5 unspecified atom stereocenters. The van der Waals surface area contributed by atoms with Crippen LogP contribution < -0.4 is 0 Å². The van der Waals surface area contributed by atoms with Gasteiger partial charge in [0.1, 0.15) is 19.3 Å². The fourth-order valence-electron chi connectivity index (χ4n) is 11.1. The van der Waals surface area contributed by atoms with Crippen LogP contribution in [0.2, 0.25) is 0 Å². The predicted molar refractivity (Wildman–Crippen MR) is 377 cm³/mol. The maximum Gasteiger partial charge on any atom is 0.472 e. The van der Waals surface area contributed by atoms with E-state index in [1.165, 1.54) is 161 Å². The average Bonchev–Trinajstić information content (AvgIpc) is 1.79. The molecule has 0 aliphatic rings. The minimum absolute atomic E-state index is 0.105. The fraction of sp³-hybridized carbons (Fsp3) is 0.946. The lowest BCUT2D eigenvalue weighted by molar-refractivity contribution is -0.161. The third-order valence-corrected chi connectivity index (χ3v) is 20.1. The van der Waals surface area contributed by atoms with E-state index in [0.29, 0.717) is 25.7 Å². The number of hydrogen-bond donors (Lipinski definition) is 3. The van der Waals surface area contributed by atoms with Gasteiger partial charge < -0.3 is 33.8 Å². The maximum absolute atomic E-state index is 13.1. The molecular weight excluding hydrogens is 1220 g/mol. The van der Waals surface area contributed by atoms with Gasteiger partial charge in [-0.25, -0.2) is 9.13 Å². The van der Waals surface area contributed by atoms with Crippen molar-refractivity contribution in [2.45, 2.75) is 388 Å². The molecule has 0 spiro atoms. The summed E-state index contributed by atoms with van der Waals surface area (Å²) >= 11 is 0. The molecule has 19 heteroatoms. The van der Waals surface area contributed by atoms with Gasteiger partial charge in [-0.2, -0.15) is 0 Å². The highest BCUT2D eigenvalue weighted by Gasteiger charge is 2.30. The third-order valence-electron chi connectivity index (χ3n) is 18.2. The van der Waals surface area contributed by atoms with Crippen molar-refractivity contribution in [2.24, 2.45) is 23.7 Å². The Hall–Kier alpha value is -1.94. The van der Waals surface area contributed by atoms with Crippen molar-refractivity contribution >= 4 is 39.5 Å². The minimum atomic E-state index is -4.96. The van der Waals surface area contributed by atoms with Gasteiger partial charge >= 0.3 is 39.5 Å². The summed E-state index contributed by atoms with van der Waals surface area (Å²) in [6.45, 7) is 14.2. The van der Waals surface area contributed by atoms with E-state index in [1.54, 1.807) is 0 Å². The Balaban J connectivity index is 5.22. The zero-order chi connectivity index (χ0) is 68.9. The number of carbonyl (C=O) groups is 4. The van der Waals surface area contributed by atoms with Crippen molar-refractivity contribution in [1.29, 1.82) is 0 Å². The van der Waals surface area contributed by atoms with Gasteiger partial charge in [-0.05, 0) is 49.4 Å². The molecule has 0 aromatic carbocycles. The Morgan fingerprint density at radius 1 is 0.301 bits per heavy atom. The summed E-state index contributed by atoms with van der Waals surface area (Å²) in [6, 6.07) is 0. The van der Waals surface area contributed by atoms with E-state index in [4.69, 9.17) is 37.0 Å². The van der Waals surface area contributed by atoms with Crippen LogP contribution in [0, 0.1) is 23.7 Å². The zero-order valence-corrected chi connectivity index (χ0v) is 62.7. The number of rotatable bonds is 71. The van der Waals surface area contributed by atoms with Gasteiger partial charge in [-0.15, -0.1) is 0 Å². The van der Waals surface area contributed by atoms with Crippen LogP contribution in [0.3, 0.4) is 0 Å². The average molecular weight is 1370 g/mol. The highest BCUT2D eigenvalue weighted by Crippen LogP contribution is 2.45. The lowest BCUT2D eigenvalue weighted by atomic mass is 9.99. The number of phosphoric ester groups is 2. The summed E-state index contributed by atoms with van der Waals surface area (Å²) in [4.78, 5) is 72.7. The van der Waals surface area contributed by atoms with Crippen LogP contribution in [0.1, 0.15) is 370 Å². The van der Waals surface area contributed by atoms with E-state index < -0.39 is 97.5 Å². The van der Waals surface area contributed by atoms with Crippen molar-refractivity contribution in [3.63, 3.8) is 0 Å². The Kier molecular flexibility index (Phi) is 62.2. The molecule has 0 aromatic rings. The first kappa shape index (κ1) is 91.1. The van der Waals surface area contributed by atoms with E-state index in [9.17, 15) is 43.2 Å². The number of phosphoric acid groups is 2. The molecule has 0 aromatic heterocycles. The molecule has 0 saturated heterocycles. The molecule has 0 amide bonds. The van der Waals surface area contributed by atoms with Gasteiger partial charge in [0.25, 0.3) is 0 Å². The van der Waals surface area contributed by atoms with Gasteiger partial charge in [0.05, 0.1) is 26.4 Å². The van der Waals surface area contributed by atoms with Crippen LogP contribution in [0.4, 0.5) is 0 Å². The van der Waals surface area contributed by atoms with Gasteiger partial charge in [0, 0.05) is 25.7 Å². The lowest BCUT2D eigenvalue weighted by Gasteiger charge is -2.21. The Morgan fingerprint density at radius 2 is 0.516 bits per heavy atom. The molecule has 8 atom stereocenters. The number of hydrogen-bond acceptors (Lipinski definition) is 15. The molecular formula is C74H144O17P2. The summed E-state index contributed by atoms with van der Waals surface area (Å²) in [7, 11) is -9.91. The number of carbonyl (C=O) groups excluding carboxylic acids is 4. The largest absolute Gasteiger partial charge is 0.472 e. The first-order valence-corrected chi connectivity index (χ1v) is 41.3. The van der Waals surface area contributed by atoms with E-state index in [-0.39, 0.29) is 25.7 Å².